The van der Waals surface area contributed by atoms with Gasteiger partial charge in [-0.1, -0.05) is 53.0 Å². The van der Waals surface area contributed by atoms with E-state index in [4.69, 9.17) is 39.9 Å². The van der Waals surface area contributed by atoms with Crippen molar-refractivity contribution in [3.8, 4) is 11.3 Å². The molecule has 0 fully saturated rings. The van der Waals surface area contributed by atoms with Crippen LogP contribution in [0, 0.1) is 0 Å². The number of rotatable bonds is 3. The Balaban J connectivity index is 2.44. The number of carboxylic acid groups (broad SMARTS) is 1. The van der Waals surface area contributed by atoms with Crippen molar-refractivity contribution in [1.29, 1.82) is 0 Å². The molecule has 0 bridgehead atoms. The number of aliphatic carboxylic acids is 1. The van der Waals surface area contributed by atoms with Gasteiger partial charge < -0.3 is 5.11 Å². The van der Waals surface area contributed by atoms with E-state index in [-0.39, 0.29) is 11.6 Å². The van der Waals surface area contributed by atoms with Crippen LogP contribution in [-0.4, -0.2) is 16.1 Å². The van der Waals surface area contributed by atoms with Crippen LogP contribution < -0.4 is 0 Å². The first-order valence-electron chi connectivity index (χ1n) is 5.30. The number of halogens is 3. The van der Waals surface area contributed by atoms with Crippen molar-refractivity contribution in [2.75, 3.05) is 0 Å². The molecule has 1 N–H and O–H groups in total. The number of aromatic nitrogens is 1. The van der Waals surface area contributed by atoms with Gasteiger partial charge in [-0.25, -0.2) is 4.98 Å². The molecule has 0 saturated carbocycles. The monoisotopic (exact) mass is 315 g/mol. The quantitative estimate of drug-likeness (QED) is 0.857. The fraction of sp³-hybridized carbons (Fsp3) is 0.0769. The van der Waals surface area contributed by atoms with E-state index >= 15 is 0 Å². The standard InChI is InChI=1S/C13H8Cl3NO2/c14-9-3-1-2-8(12(9)15)10-5-4-7(6-11(18)19)13(16)17-10/h1-5H,6H2,(H,18,19). The van der Waals surface area contributed by atoms with Crippen LogP contribution in [0.5, 0.6) is 0 Å². The molecule has 1 aromatic carbocycles. The lowest BCUT2D eigenvalue weighted by Gasteiger charge is -2.07. The summed E-state index contributed by atoms with van der Waals surface area (Å²) in [6.07, 6.45) is -0.171. The number of carbonyl (C=O) groups is 1. The van der Waals surface area contributed by atoms with Crippen molar-refractivity contribution in [1.82, 2.24) is 4.98 Å². The summed E-state index contributed by atoms with van der Waals surface area (Å²) in [5, 5.41) is 9.69. The van der Waals surface area contributed by atoms with Gasteiger partial charge >= 0.3 is 5.97 Å². The van der Waals surface area contributed by atoms with Gasteiger partial charge in [0.25, 0.3) is 0 Å². The predicted molar refractivity (Wildman–Crippen MR) is 76.0 cm³/mol. The van der Waals surface area contributed by atoms with Crippen LogP contribution in [0.15, 0.2) is 30.3 Å². The zero-order chi connectivity index (χ0) is 14.0. The van der Waals surface area contributed by atoms with Gasteiger partial charge in [0.2, 0.25) is 0 Å². The SMILES string of the molecule is O=C(O)Cc1ccc(-c2cccc(Cl)c2Cl)nc1Cl. The second kappa shape index (κ2) is 5.78. The van der Waals surface area contributed by atoms with Crippen molar-refractivity contribution in [3.05, 3.63) is 51.1 Å². The van der Waals surface area contributed by atoms with Gasteiger partial charge in [-0.3, -0.25) is 4.79 Å². The van der Waals surface area contributed by atoms with E-state index in [1.165, 1.54) is 0 Å². The molecule has 6 heteroatoms. The minimum absolute atomic E-state index is 0.149. The van der Waals surface area contributed by atoms with Crippen LogP contribution in [-0.2, 0) is 11.2 Å². The van der Waals surface area contributed by atoms with E-state index in [9.17, 15) is 4.79 Å². The third-order valence-corrected chi connectivity index (χ3v) is 3.64. The van der Waals surface area contributed by atoms with Gasteiger partial charge in [-0.05, 0) is 12.1 Å². The molecule has 98 valence electrons. The molecule has 0 radical (unpaired) electrons. The summed E-state index contributed by atoms with van der Waals surface area (Å²) < 4.78 is 0. The Morgan fingerprint density at radius 2 is 1.89 bits per heavy atom. The second-order valence-electron chi connectivity index (χ2n) is 3.82. The maximum absolute atomic E-state index is 10.6. The highest BCUT2D eigenvalue weighted by Gasteiger charge is 2.12. The van der Waals surface area contributed by atoms with Crippen LogP contribution in [0.3, 0.4) is 0 Å². The minimum Gasteiger partial charge on any atom is -0.481 e. The molecule has 3 nitrogen and oxygen atoms in total. The molecular weight excluding hydrogens is 309 g/mol. The van der Waals surface area contributed by atoms with Crippen LogP contribution in [0.4, 0.5) is 0 Å². The molecule has 0 aliphatic carbocycles. The molecule has 0 unspecified atom stereocenters. The van der Waals surface area contributed by atoms with Crippen molar-refractivity contribution < 1.29 is 9.90 Å². The maximum Gasteiger partial charge on any atom is 0.307 e. The third-order valence-electron chi connectivity index (χ3n) is 2.50. The molecule has 1 aromatic heterocycles. The van der Waals surface area contributed by atoms with E-state index in [0.717, 1.165) is 0 Å². The molecule has 0 spiro atoms. The van der Waals surface area contributed by atoms with Crippen LogP contribution >= 0.6 is 34.8 Å². The van der Waals surface area contributed by atoms with E-state index < -0.39 is 5.97 Å². The fourth-order valence-corrected chi connectivity index (χ4v) is 2.23. The maximum atomic E-state index is 10.6. The highest BCUT2D eigenvalue weighted by atomic mass is 35.5. The molecule has 0 amide bonds. The first kappa shape index (κ1) is 14.1. The van der Waals surface area contributed by atoms with Gasteiger partial charge in [0.05, 0.1) is 22.2 Å². The highest BCUT2D eigenvalue weighted by Crippen LogP contribution is 2.33. The van der Waals surface area contributed by atoms with E-state index in [2.05, 4.69) is 4.98 Å². The number of benzene rings is 1. The van der Waals surface area contributed by atoms with Crippen LogP contribution in [0.2, 0.25) is 15.2 Å². The van der Waals surface area contributed by atoms with Gasteiger partial charge in [-0.2, -0.15) is 0 Å². The normalized spacial score (nSPS) is 10.5. The molecular formula is C13H8Cl3NO2. The molecule has 2 rings (SSSR count). The Morgan fingerprint density at radius 1 is 1.16 bits per heavy atom. The number of hydrogen-bond donors (Lipinski definition) is 1. The molecule has 19 heavy (non-hydrogen) atoms. The average Bonchev–Trinajstić information content (AvgIpc) is 2.35. The fourth-order valence-electron chi connectivity index (χ4n) is 1.61. The van der Waals surface area contributed by atoms with Gasteiger partial charge in [0.15, 0.2) is 0 Å². The lowest BCUT2D eigenvalue weighted by molar-refractivity contribution is -0.136. The predicted octanol–water partition coefficient (Wildman–Crippen LogP) is 4.34. The zero-order valence-electron chi connectivity index (χ0n) is 9.53. The van der Waals surface area contributed by atoms with E-state index in [1.54, 1.807) is 30.3 Å². The summed E-state index contributed by atoms with van der Waals surface area (Å²) in [6.45, 7) is 0. The van der Waals surface area contributed by atoms with E-state index in [1.807, 2.05) is 0 Å². The third kappa shape index (κ3) is 3.18. The number of carboxylic acids is 1. The molecule has 2 aromatic rings. The number of pyridine rings is 1. The van der Waals surface area contributed by atoms with Gasteiger partial charge in [0.1, 0.15) is 5.15 Å². The molecule has 0 saturated heterocycles. The number of nitrogens with zero attached hydrogens (tertiary/aromatic N) is 1. The topological polar surface area (TPSA) is 50.2 Å². The van der Waals surface area contributed by atoms with Gasteiger partial charge in [0, 0.05) is 11.1 Å². The first-order chi connectivity index (χ1) is 8.99. The Hall–Kier alpha value is -1.29. The summed E-state index contributed by atoms with van der Waals surface area (Å²) in [7, 11) is 0. The smallest absolute Gasteiger partial charge is 0.307 e. The van der Waals surface area contributed by atoms with Crippen LogP contribution in [0.25, 0.3) is 11.3 Å². The summed E-state index contributed by atoms with van der Waals surface area (Å²) in [6, 6.07) is 8.49. The molecule has 0 aliphatic heterocycles. The Kier molecular flexibility index (Phi) is 4.30. The Labute approximate surface area is 124 Å². The van der Waals surface area contributed by atoms with Crippen molar-refractivity contribution in [3.63, 3.8) is 0 Å². The Bertz CT molecular complexity index is 644. The lowest BCUT2D eigenvalue weighted by Crippen LogP contribution is -2.02. The summed E-state index contributed by atoms with van der Waals surface area (Å²) in [5.41, 5.74) is 1.65. The Morgan fingerprint density at radius 3 is 2.53 bits per heavy atom. The summed E-state index contributed by atoms with van der Waals surface area (Å²) in [5.74, 6) is -0.961. The summed E-state index contributed by atoms with van der Waals surface area (Å²) in [4.78, 5) is 14.8. The lowest BCUT2D eigenvalue weighted by atomic mass is 10.1. The van der Waals surface area contributed by atoms with Crippen molar-refractivity contribution >= 4 is 40.8 Å². The van der Waals surface area contributed by atoms with E-state index in [0.29, 0.717) is 26.9 Å². The van der Waals surface area contributed by atoms with Crippen molar-refractivity contribution in [2.45, 2.75) is 6.42 Å². The summed E-state index contributed by atoms with van der Waals surface area (Å²) >= 11 is 18.0. The van der Waals surface area contributed by atoms with Crippen molar-refractivity contribution in [2.24, 2.45) is 0 Å². The number of hydrogen-bond acceptors (Lipinski definition) is 2. The van der Waals surface area contributed by atoms with Crippen LogP contribution in [0.1, 0.15) is 5.56 Å². The second-order valence-corrected chi connectivity index (χ2v) is 4.96. The highest BCUT2D eigenvalue weighted by molar-refractivity contribution is 6.43. The molecule has 1 heterocycles. The largest absolute Gasteiger partial charge is 0.481 e. The average molecular weight is 317 g/mol. The zero-order valence-corrected chi connectivity index (χ0v) is 11.8. The van der Waals surface area contributed by atoms with Gasteiger partial charge in [-0.15, -0.1) is 0 Å². The molecule has 0 atom stereocenters. The minimum atomic E-state index is -0.961. The molecule has 0 aliphatic rings. The first-order valence-corrected chi connectivity index (χ1v) is 6.44.